The summed E-state index contributed by atoms with van der Waals surface area (Å²) in [5, 5.41) is 12.6. The van der Waals surface area contributed by atoms with Gasteiger partial charge in [0.25, 0.3) is 0 Å². The Hall–Kier alpha value is -0.830. The highest BCUT2D eigenvalue weighted by Crippen LogP contribution is 2.35. The van der Waals surface area contributed by atoms with Crippen molar-refractivity contribution in [2.75, 3.05) is 14.1 Å². The van der Waals surface area contributed by atoms with E-state index in [9.17, 15) is 0 Å². The van der Waals surface area contributed by atoms with E-state index in [-0.39, 0.29) is 5.54 Å². The standard InChI is InChI=1S/C12H22N2O/c1-9(2)10-6-7-12(3,14(4)5)11(8-10)13-15/h10,15H,1,6-8H2,2-5H3/b13-11-/t10-,12-/m0/s1. The quantitative estimate of drug-likeness (QED) is 0.432. The van der Waals surface area contributed by atoms with Gasteiger partial charge in [-0.3, -0.25) is 4.90 Å². The van der Waals surface area contributed by atoms with Crippen LogP contribution < -0.4 is 0 Å². The maximum absolute atomic E-state index is 9.11. The van der Waals surface area contributed by atoms with Gasteiger partial charge in [0, 0.05) is 0 Å². The lowest BCUT2D eigenvalue weighted by molar-refractivity contribution is 0.193. The van der Waals surface area contributed by atoms with E-state index in [1.54, 1.807) is 0 Å². The molecule has 0 aromatic rings. The van der Waals surface area contributed by atoms with E-state index in [0.717, 1.165) is 25.0 Å². The van der Waals surface area contributed by atoms with Crippen molar-refractivity contribution in [1.29, 1.82) is 0 Å². The highest BCUT2D eigenvalue weighted by atomic mass is 16.4. The molecule has 1 N–H and O–H groups in total. The van der Waals surface area contributed by atoms with E-state index in [4.69, 9.17) is 5.21 Å². The van der Waals surface area contributed by atoms with Gasteiger partial charge in [-0.2, -0.15) is 0 Å². The molecule has 0 aliphatic heterocycles. The Balaban J connectivity index is 2.87. The zero-order chi connectivity index (χ0) is 11.6. The van der Waals surface area contributed by atoms with Gasteiger partial charge in [-0.25, -0.2) is 0 Å². The Morgan fingerprint density at radius 3 is 2.60 bits per heavy atom. The van der Waals surface area contributed by atoms with Crippen molar-refractivity contribution in [3.63, 3.8) is 0 Å². The van der Waals surface area contributed by atoms with Crippen LogP contribution in [0.4, 0.5) is 0 Å². The van der Waals surface area contributed by atoms with Crippen LogP contribution in [-0.4, -0.2) is 35.5 Å². The molecule has 1 fully saturated rings. The normalized spacial score (nSPS) is 34.7. The number of hydrogen-bond donors (Lipinski definition) is 1. The third kappa shape index (κ3) is 2.23. The molecular formula is C12H22N2O. The fourth-order valence-electron chi connectivity index (χ4n) is 2.21. The second-order valence-electron chi connectivity index (χ2n) is 5.00. The molecule has 3 nitrogen and oxygen atoms in total. The average molecular weight is 210 g/mol. The smallest absolute Gasteiger partial charge is 0.0776 e. The van der Waals surface area contributed by atoms with Gasteiger partial charge in [-0.1, -0.05) is 17.3 Å². The Labute approximate surface area is 92.5 Å². The molecule has 1 rings (SSSR count). The number of rotatable bonds is 2. The van der Waals surface area contributed by atoms with E-state index in [1.165, 1.54) is 5.57 Å². The first-order chi connectivity index (χ1) is 6.91. The molecule has 0 saturated heterocycles. The lowest BCUT2D eigenvalue weighted by Crippen LogP contribution is -2.51. The van der Waals surface area contributed by atoms with Crippen LogP contribution in [-0.2, 0) is 0 Å². The molecule has 86 valence electrons. The fourth-order valence-corrected chi connectivity index (χ4v) is 2.21. The zero-order valence-electron chi connectivity index (χ0n) is 10.2. The predicted molar refractivity (Wildman–Crippen MR) is 63.5 cm³/mol. The summed E-state index contributed by atoms with van der Waals surface area (Å²) in [5.74, 6) is 0.476. The van der Waals surface area contributed by atoms with Crippen LogP contribution in [0.5, 0.6) is 0 Å². The molecule has 0 heterocycles. The van der Waals surface area contributed by atoms with E-state index in [1.807, 2.05) is 14.1 Å². The van der Waals surface area contributed by atoms with Gasteiger partial charge in [0.1, 0.15) is 0 Å². The van der Waals surface area contributed by atoms with Gasteiger partial charge in [-0.15, -0.1) is 0 Å². The monoisotopic (exact) mass is 210 g/mol. The number of oxime groups is 1. The molecule has 0 aromatic carbocycles. The fraction of sp³-hybridized carbons (Fsp3) is 0.750. The van der Waals surface area contributed by atoms with Crippen molar-refractivity contribution in [3.05, 3.63) is 12.2 Å². The van der Waals surface area contributed by atoms with Crippen molar-refractivity contribution in [3.8, 4) is 0 Å². The topological polar surface area (TPSA) is 35.8 Å². The summed E-state index contributed by atoms with van der Waals surface area (Å²) < 4.78 is 0. The molecule has 3 heteroatoms. The largest absolute Gasteiger partial charge is 0.411 e. The molecule has 1 aliphatic carbocycles. The summed E-state index contributed by atoms with van der Waals surface area (Å²) in [7, 11) is 4.07. The predicted octanol–water partition coefficient (Wildman–Crippen LogP) is 2.51. The summed E-state index contributed by atoms with van der Waals surface area (Å²) in [6, 6.07) is 0. The van der Waals surface area contributed by atoms with Crippen LogP contribution in [0.25, 0.3) is 0 Å². The molecule has 0 bridgehead atoms. The van der Waals surface area contributed by atoms with Crippen molar-refractivity contribution in [2.45, 2.75) is 38.6 Å². The van der Waals surface area contributed by atoms with E-state index < -0.39 is 0 Å². The van der Waals surface area contributed by atoms with E-state index >= 15 is 0 Å². The number of hydrogen-bond acceptors (Lipinski definition) is 3. The first kappa shape index (κ1) is 12.2. The summed E-state index contributed by atoms with van der Waals surface area (Å²) >= 11 is 0. The first-order valence-electron chi connectivity index (χ1n) is 5.46. The third-order valence-corrected chi connectivity index (χ3v) is 3.85. The van der Waals surface area contributed by atoms with Crippen LogP contribution >= 0.6 is 0 Å². The Morgan fingerprint density at radius 1 is 1.60 bits per heavy atom. The molecule has 2 atom stereocenters. The van der Waals surface area contributed by atoms with Crippen LogP contribution in [0, 0.1) is 5.92 Å². The van der Waals surface area contributed by atoms with Gasteiger partial charge in [-0.05, 0) is 53.1 Å². The highest BCUT2D eigenvalue weighted by molar-refractivity contribution is 5.93. The number of nitrogens with zero attached hydrogens (tertiary/aromatic N) is 2. The van der Waals surface area contributed by atoms with Crippen LogP contribution in [0.3, 0.4) is 0 Å². The van der Waals surface area contributed by atoms with Gasteiger partial charge in [0.2, 0.25) is 0 Å². The Morgan fingerprint density at radius 2 is 2.20 bits per heavy atom. The lowest BCUT2D eigenvalue weighted by Gasteiger charge is -2.42. The molecule has 0 unspecified atom stereocenters. The first-order valence-corrected chi connectivity index (χ1v) is 5.46. The number of allylic oxidation sites excluding steroid dienone is 1. The molecule has 15 heavy (non-hydrogen) atoms. The van der Waals surface area contributed by atoms with Crippen LogP contribution in [0.1, 0.15) is 33.1 Å². The highest BCUT2D eigenvalue weighted by Gasteiger charge is 2.39. The summed E-state index contributed by atoms with van der Waals surface area (Å²) in [4.78, 5) is 2.14. The summed E-state index contributed by atoms with van der Waals surface area (Å²) in [6.07, 6.45) is 2.99. The summed E-state index contributed by atoms with van der Waals surface area (Å²) in [6.45, 7) is 8.18. The van der Waals surface area contributed by atoms with Crippen molar-refractivity contribution in [1.82, 2.24) is 4.90 Å². The molecule has 0 amide bonds. The Bertz CT molecular complexity index is 283. The molecule has 1 aliphatic rings. The molecule has 1 saturated carbocycles. The second-order valence-corrected chi connectivity index (χ2v) is 5.00. The van der Waals surface area contributed by atoms with Crippen molar-refractivity contribution >= 4 is 5.71 Å². The Kier molecular flexibility index (Phi) is 3.55. The summed E-state index contributed by atoms with van der Waals surface area (Å²) in [5.41, 5.74) is 1.98. The third-order valence-electron chi connectivity index (χ3n) is 3.85. The molecule has 0 aromatic heterocycles. The molecular weight excluding hydrogens is 188 g/mol. The van der Waals surface area contributed by atoms with Gasteiger partial charge >= 0.3 is 0 Å². The maximum atomic E-state index is 9.11. The van der Waals surface area contributed by atoms with Crippen LogP contribution in [0.15, 0.2) is 17.3 Å². The SMILES string of the molecule is C=C(C)[C@H]1CC[C@](C)(N(C)C)/C(=N\O)C1. The minimum atomic E-state index is -0.0965. The molecule has 0 spiro atoms. The lowest BCUT2D eigenvalue weighted by atomic mass is 9.73. The van der Waals surface area contributed by atoms with Crippen LogP contribution in [0.2, 0.25) is 0 Å². The zero-order valence-corrected chi connectivity index (χ0v) is 10.2. The van der Waals surface area contributed by atoms with Crippen molar-refractivity contribution < 1.29 is 5.21 Å². The van der Waals surface area contributed by atoms with E-state index in [0.29, 0.717) is 5.92 Å². The minimum absolute atomic E-state index is 0.0965. The maximum Gasteiger partial charge on any atom is 0.0776 e. The average Bonchev–Trinajstić information content (AvgIpc) is 2.17. The second kappa shape index (κ2) is 4.35. The van der Waals surface area contributed by atoms with E-state index in [2.05, 4.69) is 30.5 Å². The van der Waals surface area contributed by atoms with Gasteiger partial charge < -0.3 is 5.21 Å². The van der Waals surface area contributed by atoms with Gasteiger partial charge in [0.15, 0.2) is 0 Å². The van der Waals surface area contributed by atoms with Gasteiger partial charge in [0.05, 0.1) is 11.3 Å². The molecule has 0 radical (unpaired) electrons. The minimum Gasteiger partial charge on any atom is -0.411 e. The van der Waals surface area contributed by atoms with Crippen molar-refractivity contribution in [2.24, 2.45) is 11.1 Å².